The molecule has 1 rings (SSSR count). The van der Waals surface area contributed by atoms with E-state index in [0.717, 1.165) is 11.1 Å². The summed E-state index contributed by atoms with van der Waals surface area (Å²) >= 11 is 0. The van der Waals surface area contributed by atoms with Crippen LogP contribution in [0.25, 0.3) is 0 Å². The zero-order valence-electron chi connectivity index (χ0n) is 12.2. The lowest BCUT2D eigenvalue weighted by atomic mass is 9.77. The summed E-state index contributed by atoms with van der Waals surface area (Å²) in [5.74, 6) is 0.689. The molecule has 1 aromatic carbocycles. The Morgan fingerprint density at radius 2 is 1.47 bits per heavy atom. The molecule has 0 aliphatic carbocycles. The standard InChI is InChI=1S/C16H25F/c1-10(2)13-8-12(17)9-14(16(5,6)7)15(13)11(3)4/h8-11H,1-7H3. The summed E-state index contributed by atoms with van der Waals surface area (Å²) in [6, 6.07) is 3.41. The Kier molecular flexibility index (Phi) is 4.01. The fraction of sp³-hybridized carbons (Fsp3) is 0.625. The summed E-state index contributed by atoms with van der Waals surface area (Å²) in [5.41, 5.74) is 3.63. The van der Waals surface area contributed by atoms with Gasteiger partial charge in [-0.15, -0.1) is 0 Å². The Bertz CT molecular complexity index is 395. The normalized spacial score (nSPS) is 12.6. The van der Waals surface area contributed by atoms with Gasteiger partial charge in [-0.3, -0.25) is 0 Å². The second-order valence-electron chi connectivity index (χ2n) is 6.52. The minimum Gasteiger partial charge on any atom is -0.207 e. The predicted octanol–water partition coefficient (Wildman–Crippen LogP) is 5.37. The van der Waals surface area contributed by atoms with Crippen molar-refractivity contribution in [3.05, 3.63) is 34.6 Å². The zero-order chi connectivity index (χ0) is 13.4. The van der Waals surface area contributed by atoms with E-state index in [-0.39, 0.29) is 11.2 Å². The highest BCUT2D eigenvalue weighted by atomic mass is 19.1. The van der Waals surface area contributed by atoms with Crippen LogP contribution in [-0.4, -0.2) is 0 Å². The molecular formula is C16H25F. The first-order chi connectivity index (χ1) is 7.64. The lowest BCUT2D eigenvalue weighted by molar-refractivity contribution is 0.554. The molecule has 0 aromatic heterocycles. The molecule has 0 spiro atoms. The van der Waals surface area contributed by atoms with Crippen LogP contribution in [0.1, 0.15) is 77.0 Å². The van der Waals surface area contributed by atoms with E-state index in [1.807, 2.05) is 0 Å². The molecule has 0 radical (unpaired) electrons. The summed E-state index contributed by atoms with van der Waals surface area (Å²) in [7, 11) is 0. The third-order valence-electron chi connectivity index (χ3n) is 3.18. The van der Waals surface area contributed by atoms with Gasteiger partial charge in [0.2, 0.25) is 0 Å². The quantitative estimate of drug-likeness (QED) is 0.647. The van der Waals surface area contributed by atoms with Crippen molar-refractivity contribution in [3.63, 3.8) is 0 Å². The highest BCUT2D eigenvalue weighted by Gasteiger charge is 2.24. The molecule has 1 heteroatoms. The maximum absolute atomic E-state index is 13.8. The van der Waals surface area contributed by atoms with E-state index in [0.29, 0.717) is 11.8 Å². The average molecular weight is 236 g/mol. The third-order valence-corrected chi connectivity index (χ3v) is 3.18. The molecule has 0 aliphatic rings. The molecule has 0 bridgehead atoms. The molecule has 0 unspecified atom stereocenters. The van der Waals surface area contributed by atoms with Crippen LogP contribution in [0, 0.1) is 5.82 Å². The number of benzene rings is 1. The van der Waals surface area contributed by atoms with Crippen LogP contribution in [0.5, 0.6) is 0 Å². The van der Waals surface area contributed by atoms with E-state index < -0.39 is 0 Å². The van der Waals surface area contributed by atoms with Crippen LogP contribution in [0.2, 0.25) is 0 Å². The van der Waals surface area contributed by atoms with Gasteiger partial charge < -0.3 is 0 Å². The van der Waals surface area contributed by atoms with Gasteiger partial charge in [-0.1, -0.05) is 48.5 Å². The molecule has 0 aliphatic heterocycles. The van der Waals surface area contributed by atoms with Crippen LogP contribution < -0.4 is 0 Å². The molecule has 0 atom stereocenters. The van der Waals surface area contributed by atoms with Crippen molar-refractivity contribution in [2.24, 2.45) is 0 Å². The third kappa shape index (κ3) is 3.08. The summed E-state index contributed by atoms with van der Waals surface area (Å²) in [4.78, 5) is 0. The van der Waals surface area contributed by atoms with E-state index in [1.165, 1.54) is 5.56 Å². The van der Waals surface area contributed by atoms with Crippen LogP contribution >= 0.6 is 0 Å². The lowest BCUT2D eigenvalue weighted by Gasteiger charge is -2.28. The smallest absolute Gasteiger partial charge is 0.123 e. The van der Waals surface area contributed by atoms with Gasteiger partial charge in [0, 0.05) is 0 Å². The molecule has 1 aromatic rings. The largest absolute Gasteiger partial charge is 0.207 e. The van der Waals surface area contributed by atoms with Gasteiger partial charge in [-0.05, 0) is 46.1 Å². The molecule has 96 valence electrons. The molecule has 0 heterocycles. The van der Waals surface area contributed by atoms with Gasteiger partial charge in [-0.25, -0.2) is 4.39 Å². The van der Waals surface area contributed by atoms with Gasteiger partial charge in [0.05, 0.1) is 0 Å². The minimum absolute atomic E-state index is 0.00859. The van der Waals surface area contributed by atoms with Crippen LogP contribution in [0.4, 0.5) is 4.39 Å². The molecule has 0 amide bonds. The van der Waals surface area contributed by atoms with Crippen molar-refractivity contribution in [3.8, 4) is 0 Å². The van der Waals surface area contributed by atoms with Crippen LogP contribution in [0.15, 0.2) is 12.1 Å². The topological polar surface area (TPSA) is 0 Å². The number of rotatable bonds is 2. The summed E-state index contributed by atoms with van der Waals surface area (Å²) in [5, 5.41) is 0. The molecule has 0 N–H and O–H groups in total. The zero-order valence-corrected chi connectivity index (χ0v) is 12.2. The van der Waals surface area contributed by atoms with E-state index in [9.17, 15) is 4.39 Å². The van der Waals surface area contributed by atoms with Crippen molar-refractivity contribution in [2.75, 3.05) is 0 Å². The van der Waals surface area contributed by atoms with Crippen molar-refractivity contribution < 1.29 is 4.39 Å². The monoisotopic (exact) mass is 236 g/mol. The molecule has 0 saturated heterocycles. The maximum Gasteiger partial charge on any atom is 0.123 e. The molecule has 0 nitrogen and oxygen atoms in total. The maximum atomic E-state index is 13.8. The van der Waals surface area contributed by atoms with Crippen LogP contribution in [0.3, 0.4) is 0 Å². The Balaban J connectivity index is 3.58. The lowest BCUT2D eigenvalue weighted by Crippen LogP contribution is -2.17. The van der Waals surface area contributed by atoms with Gasteiger partial charge >= 0.3 is 0 Å². The van der Waals surface area contributed by atoms with Gasteiger partial charge in [0.25, 0.3) is 0 Å². The molecule has 0 saturated carbocycles. The Morgan fingerprint density at radius 1 is 0.941 bits per heavy atom. The Labute approximate surface area is 105 Å². The van der Waals surface area contributed by atoms with Gasteiger partial charge in [0.1, 0.15) is 5.82 Å². The van der Waals surface area contributed by atoms with Crippen molar-refractivity contribution in [1.29, 1.82) is 0 Å². The average Bonchev–Trinajstić information content (AvgIpc) is 2.14. The van der Waals surface area contributed by atoms with E-state index in [2.05, 4.69) is 48.5 Å². The second-order valence-corrected chi connectivity index (χ2v) is 6.52. The molecule has 17 heavy (non-hydrogen) atoms. The van der Waals surface area contributed by atoms with E-state index in [1.54, 1.807) is 12.1 Å². The Hall–Kier alpha value is -0.850. The summed E-state index contributed by atoms with van der Waals surface area (Å²) in [6.45, 7) is 15.1. The van der Waals surface area contributed by atoms with Gasteiger partial charge in [-0.2, -0.15) is 0 Å². The summed E-state index contributed by atoms with van der Waals surface area (Å²) < 4.78 is 13.8. The van der Waals surface area contributed by atoms with E-state index in [4.69, 9.17) is 0 Å². The summed E-state index contributed by atoms with van der Waals surface area (Å²) in [6.07, 6.45) is 0. The molecular weight excluding hydrogens is 211 g/mol. The predicted molar refractivity (Wildman–Crippen MR) is 73.3 cm³/mol. The number of hydrogen-bond acceptors (Lipinski definition) is 0. The fourth-order valence-electron chi connectivity index (χ4n) is 2.38. The first-order valence-corrected chi connectivity index (χ1v) is 6.48. The van der Waals surface area contributed by atoms with Crippen molar-refractivity contribution >= 4 is 0 Å². The van der Waals surface area contributed by atoms with Crippen molar-refractivity contribution in [2.45, 2.75) is 65.7 Å². The highest BCUT2D eigenvalue weighted by Crippen LogP contribution is 2.36. The highest BCUT2D eigenvalue weighted by molar-refractivity contribution is 5.43. The second kappa shape index (κ2) is 4.80. The minimum atomic E-state index is -0.108. The van der Waals surface area contributed by atoms with Crippen LogP contribution in [-0.2, 0) is 5.41 Å². The SMILES string of the molecule is CC(C)c1cc(F)cc(C(C)(C)C)c1C(C)C. The van der Waals surface area contributed by atoms with Crippen molar-refractivity contribution in [1.82, 2.24) is 0 Å². The first kappa shape index (κ1) is 14.2. The first-order valence-electron chi connectivity index (χ1n) is 6.48. The number of hydrogen-bond donors (Lipinski definition) is 0. The number of halogens is 1. The van der Waals surface area contributed by atoms with E-state index >= 15 is 0 Å². The fourth-order valence-corrected chi connectivity index (χ4v) is 2.38. The molecule has 0 fully saturated rings. The Morgan fingerprint density at radius 3 is 1.82 bits per heavy atom. The van der Waals surface area contributed by atoms with Gasteiger partial charge in [0.15, 0.2) is 0 Å².